The first-order chi connectivity index (χ1) is 9.19. The number of nitrogens with one attached hydrogen (secondary N) is 1. The van der Waals surface area contributed by atoms with Crippen molar-refractivity contribution in [3.05, 3.63) is 15.8 Å². The molecule has 1 aromatic rings. The summed E-state index contributed by atoms with van der Waals surface area (Å²) in [5.41, 5.74) is -0.449. The van der Waals surface area contributed by atoms with Crippen molar-refractivity contribution in [1.29, 1.82) is 0 Å². The van der Waals surface area contributed by atoms with Crippen LogP contribution in [0.15, 0.2) is 0 Å². The van der Waals surface area contributed by atoms with Gasteiger partial charge in [-0.15, -0.1) is 0 Å². The zero-order chi connectivity index (χ0) is 15.5. The van der Waals surface area contributed by atoms with Crippen LogP contribution in [-0.2, 0) is 7.05 Å². The molecule has 7 nitrogen and oxygen atoms in total. The Morgan fingerprint density at radius 3 is 2.60 bits per heavy atom. The maximum Gasteiger partial charge on any atom is 0.334 e. The van der Waals surface area contributed by atoms with Crippen LogP contribution < -0.4 is 5.32 Å². The molecule has 0 spiro atoms. The molecule has 1 unspecified atom stereocenters. The van der Waals surface area contributed by atoms with Gasteiger partial charge in [-0.1, -0.05) is 27.2 Å². The number of rotatable bonds is 7. The van der Waals surface area contributed by atoms with E-state index in [9.17, 15) is 15.2 Å². The Kier molecular flexibility index (Phi) is 5.10. The Morgan fingerprint density at radius 2 is 2.15 bits per heavy atom. The monoisotopic (exact) mass is 284 g/mol. The van der Waals surface area contributed by atoms with E-state index < -0.39 is 10.5 Å². The smallest absolute Gasteiger partial charge is 0.334 e. The molecule has 1 atom stereocenters. The topological polar surface area (TPSA) is 93.2 Å². The molecule has 0 bridgehead atoms. The molecule has 114 valence electrons. The van der Waals surface area contributed by atoms with Gasteiger partial charge in [0.1, 0.15) is 5.69 Å². The lowest BCUT2D eigenvalue weighted by Gasteiger charge is -2.23. The summed E-state index contributed by atoms with van der Waals surface area (Å²) in [6.45, 7) is 7.68. The maximum absolute atomic E-state index is 11.3. The summed E-state index contributed by atoms with van der Waals surface area (Å²) in [6.07, 6.45) is 1.47. The number of hydrogen-bond donors (Lipinski definition) is 2. The molecule has 1 rings (SSSR count). The highest BCUT2D eigenvalue weighted by Gasteiger charge is 2.29. The van der Waals surface area contributed by atoms with Gasteiger partial charge in [0, 0.05) is 19.5 Å². The van der Waals surface area contributed by atoms with Gasteiger partial charge in [-0.05, 0) is 13.3 Å². The molecule has 0 aliphatic rings. The summed E-state index contributed by atoms with van der Waals surface area (Å²) in [5.74, 6) is 0.309. The highest BCUT2D eigenvalue weighted by atomic mass is 16.6. The van der Waals surface area contributed by atoms with Crippen molar-refractivity contribution in [2.24, 2.45) is 7.05 Å². The van der Waals surface area contributed by atoms with Crippen molar-refractivity contribution in [2.75, 3.05) is 11.9 Å². The second-order valence-corrected chi connectivity index (χ2v) is 5.72. The van der Waals surface area contributed by atoms with Crippen LogP contribution in [0.25, 0.3) is 0 Å². The number of aromatic nitrogens is 2. The molecular formula is C13H24N4O3. The van der Waals surface area contributed by atoms with Crippen molar-refractivity contribution >= 4 is 11.5 Å². The standard InChI is InChI=1S/C13H24N4O3/c1-6-7-13(4,18)8-14-12-11(17(19)20)10(9(2)3)15-16(12)5/h9,14,18H,6-8H2,1-5H3. The summed E-state index contributed by atoms with van der Waals surface area (Å²) in [4.78, 5) is 10.8. The van der Waals surface area contributed by atoms with E-state index in [1.807, 2.05) is 20.8 Å². The molecule has 0 aromatic carbocycles. The van der Waals surface area contributed by atoms with Crippen molar-refractivity contribution in [1.82, 2.24) is 9.78 Å². The van der Waals surface area contributed by atoms with E-state index in [4.69, 9.17) is 0 Å². The Balaban J connectivity index is 3.03. The summed E-state index contributed by atoms with van der Waals surface area (Å²) in [6, 6.07) is 0. The van der Waals surface area contributed by atoms with Crippen molar-refractivity contribution in [3.8, 4) is 0 Å². The first kappa shape index (κ1) is 16.4. The van der Waals surface area contributed by atoms with Gasteiger partial charge in [-0.25, -0.2) is 4.68 Å². The van der Waals surface area contributed by atoms with Crippen LogP contribution in [0.1, 0.15) is 52.1 Å². The molecule has 1 aromatic heterocycles. The van der Waals surface area contributed by atoms with Crippen LogP contribution in [0.2, 0.25) is 0 Å². The molecule has 1 heterocycles. The summed E-state index contributed by atoms with van der Waals surface area (Å²) in [5, 5.41) is 28.6. The molecule has 0 fully saturated rings. The molecule has 0 saturated carbocycles. The van der Waals surface area contributed by atoms with Gasteiger partial charge in [0.05, 0.1) is 10.5 Å². The zero-order valence-electron chi connectivity index (χ0n) is 12.8. The summed E-state index contributed by atoms with van der Waals surface area (Å²) in [7, 11) is 1.66. The first-order valence-electron chi connectivity index (χ1n) is 6.87. The Bertz CT molecular complexity index is 480. The highest BCUT2D eigenvalue weighted by Crippen LogP contribution is 2.33. The van der Waals surface area contributed by atoms with E-state index in [0.717, 1.165) is 6.42 Å². The quantitative estimate of drug-likeness (QED) is 0.592. The predicted molar refractivity (Wildman–Crippen MR) is 78.0 cm³/mol. The fraction of sp³-hybridized carbons (Fsp3) is 0.769. The highest BCUT2D eigenvalue weighted by molar-refractivity contribution is 5.60. The van der Waals surface area contributed by atoms with Crippen molar-refractivity contribution in [3.63, 3.8) is 0 Å². The molecule has 0 radical (unpaired) electrons. The number of anilines is 1. The first-order valence-corrected chi connectivity index (χ1v) is 6.87. The zero-order valence-corrected chi connectivity index (χ0v) is 12.8. The van der Waals surface area contributed by atoms with Crippen LogP contribution in [0.4, 0.5) is 11.5 Å². The van der Waals surface area contributed by atoms with E-state index in [1.54, 1.807) is 14.0 Å². The minimum absolute atomic E-state index is 0.00482. The number of aryl methyl sites for hydroxylation is 1. The molecule has 7 heteroatoms. The van der Waals surface area contributed by atoms with Crippen molar-refractivity contribution in [2.45, 2.75) is 52.1 Å². The van der Waals surface area contributed by atoms with Gasteiger partial charge >= 0.3 is 5.69 Å². The summed E-state index contributed by atoms with van der Waals surface area (Å²) < 4.78 is 1.47. The minimum Gasteiger partial charge on any atom is -0.388 e. The predicted octanol–water partition coefficient (Wildman–Crippen LogP) is 2.41. The fourth-order valence-corrected chi connectivity index (χ4v) is 2.20. The van der Waals surface area contributed by atoms with Crippen LogP contribution in [0, 0.1) is 10.1 Å². The second-order valence-electron chi connectivity index (χ2n) is 5.72. The van der Waals surface area contributed by atoms with E-state index in [1.165, 1.54) is 4.68 Å². The van der Waals surface area contributed by atoms with Crippen LogP contribution in [0.5, 0.6) is 0 Å². The van der Waals surface area contributed by atoms with Gasteiger partial charge < -0.3 is 10.4 Å². The molecule has 0 aliphatic carbocycles. The largest absolute Gasteiger partial charge is 0.388 e. The van der Waals surface area contributed by atoms with Gasteiger partial charge in [0.15, 0.2) is 0 Å². The lowest BCUT2D eigenvalue weighted by Crippen LogP contribution is -2.33. The Labute approximate surface area is 119 Å². The summed E-state index contributed by atoms with van der Waals surface area (Å²) >= 11 is 0. The van der Waals surface area contributed by atoms with Gasteiger partial charge in [-0.3, -0.25) is 10.1 Å². The molecular weight excluding hydrogens is 260 g/mol. The third-order valence-corrected chi connectivity index (χ3v) is 3.20. The molecule has 2 N–H and O–H groups in total. The normalized spacial score (nSPS) is 14.3. The van der Waals surface area contributed by atoms with E-state index in [2.05, 4.69) is 10.4 Å². The maximum atomic E-state index is 11.3. The lowest BCUT2D eigenvalue weighted by atomic mass is 10.0. The molecule has 0 saturated heterocycles. The van der Waals surface area contributed by atoms with Crippen LogP contribution >= 0.6 is 0 Å². The third kappa shape index (κ3) is 3.69. The fourth-order valence-electron chi connectivity index (χ4n) is 2.20. The average Bonchev–Trinajstić information content (AvgIpc) is 2.64. The van der Waals surface area contributed by atoms with Gasteiger partial charge in [0.2, 0.25) is 5.82 Å². The molecule has 20 heavy (non-hydrogen) atoms. The number of nitro groups is 1. The average molecular weight is 284 g/mol. The van der Waals surface area contributed by atoms with Crippen molar-refractivity contribution < 1.29 is 10.0 Å². The second kappa shape index (κ2) is 6.21. The number of hydrogen-bond acceptors (Lipinski definition) is 5. The van der Waals surface area contributed by atoms with Gasteiger partial charge in [0.25, 0.3) is 0 Å². The van der Waals surface area contributed by atoms with Crippen LogP contribution in [-0.4, -0.2) is 32.0 Å². The Hall–Kier alpha value is -1.63. The third-order valence-electron chi connectivity index (χ3n) is 3.20. The van der Waals surface area contributed by atoms with E-state index >= 15 is 0 Å². The minimum atomic E-state index is -0.898. The molecule has 0 amide bonds. The van der Waals surface area contributed by atoms with Crippen LogP contribution in [0.3, 0.4) is 0 Å². The SMILES string of the molecule is CCCC(C)(O)CNc1c([N+](=O)[O-])c(C(C)C)nn1C. The van der Waals surface area contributed by atoms with Gasteiger partial charge in [-0.2, -0.15) is 5.10 Å². The Morgan fingerprint density at radius 1 is 1.55 bits per heavy atom. The number of nitrogens with zero attached hydrogens (tertiary/aromatic N) is 3. The molecule has 0 aliphatic heterocycles. The number of aliphatic hydroxyl groups is 1. The lowest BCUT2D eigenvalue weighted by molar-refractivity contribution is -0.384. The van der Waals surface area contributed by atoms with E-state index in [-0.39, 0.29) is 18.2 Å². The van der Waals surface area contributed by atoms with E-state index in [0.29, 0.717) is 17.9 Å².